The largest absolute Gasteiger partial charge is 0.370 e. The van der Waals surface area contributed by atoms with Crippen molar-refractivity contribution in [2.75, 3.05) is 18.0 Å². The fourth-order valence-corrected chi connectivity index (χ4v) is 1.98. The Hall–Kier alpha value is -0.760. The highest BCUT2D eigenvalue weighted by atomic mass is 35.5. The fraction of sp³-hybridized carbons (Fsp3) is 0.400. The van der Waals surface area contributed by atoms with Gasteiger partial charge in [0.2, 0.25) is 0 Å². The summed E-state index contributed by atoms with van der Waals surface area (Å²) in [7, 11) is 0. The van der Waals surface area contributed by atoms with E-state index in [1.165, 1.54) is 25.0 Å². The van der Waals surface area contributed by atoms with Gasteiger partial charge in [-0.25, -0.2) is 4.39 Å². The van der Waals surface area contributed by atoms with Gasteiger partial charge in [-0.2, -0.15) is 0 Å². The van der Waals surface area contributed by atoms with Crippen LogP contribution in [0.5, 0.6) is 0 Å². The van der Waals surface area contributed by atoms with Gasteiger partial charge in [0.25, 0.3) is 0 Å². The van der Waals surface area contributed by atoms with Gasteiger partial charge in [0, 0.05) is 13.1 Å². The Balaban J connectivity index is 2.29. The van der Waals surface area contributed by atoms with Gasteiger partial charge >= 0.3 is 0 Å². The summed E-state index contributed by atoms with van der Waals surface area (Å²) in [5.74, 6) is -0.270. The van der Waals surface area contributed by atoms with E-state index in [1.807, 2.05) is 0 Å². The average Bonchev–Trinajstić information content (AvgIpc) is 2.56. The first kappa shape index (κ1) is 8.82. The molecule has 0 amide bonds. The van der Waals surface area contributed by atoms with Crippen molar-refractivity contribution in [3.8, 4) is 0 Å². The molecule has 1 aromatic carbocycles. The van der Waals surface area contributed by atoms with Crippen molar-refractivity contribution >= 4 is 17.3 Å². The summed E-state index contributed by atoms with van der Waals surface area (Å²) < 4.78 is 12.7. The molecule has 0 aromatic heterocycles. The lowest BCUT2D eigenvalue weighted by molar-refractivity contribution is 0.627. The van der Waals surface area contributed by atoms with Crippen LogP contribution in [0, 0.1) is 5.82 Å². The molecule has 1 aliphatic heterocycles. The maximum atomic E-state index is 12.7. The van der Waals surface area contributed by atoms with Crippen LogP contribution in [0.1, 0.15) is 12.8 Å². The van der Waals surface area contributed by atoms with E-state index in [1.54, 1.807) is 6.07 Å². The van der Waals surface area contributed by atoms with Crippen LogP contribution in [0.2, 0.25) is 5.02 Å². The van der Waals surface area contributed by atoms with Crippen molar-refractivity contribution in [2.24, 2.45) is 0 Å². The standard InChI is InChI=1S/C10H11ClFN/c11-9-7-8(12)3-4-10(9)13-5-1-2-6-13/h3-4,7H,1-2,5-6H2. The lowest BCUT2D eigenvalue weighted by Crippen LogP contribution is -2.17. The minimum Gasteiger partial charge on any atom is -0.370 e. The monoisotopic (exact) mass is 199 g/mol. The molecular weight excluding hydrogens is 189 g/mol. The quantitative estimate of drug-likeness (QED) is 0.672. The molecule has 2 rings (SSSR count). The summed E-state index contributed by atoms with van der Waals surface area (Å²) in [5, 5.41) is 0.516. The van der Waals surface area contributed by atoms with Gasteiger partial charge in [-0.1, -0.05) is 11.6 Å². The predicted octanol–water partition coefficient (Wildman–Crippen LogP) is 3.08. The molecule has 1 saturated heterocycles. The van der Waals surface area contributed by atoms with Crippen LogP contribution in [0.25, 0.3) is 0 Å². The maximum absolute atomic E-state index is 12.7. The molecule has 1 nitrogen and oxygen atoms in total. The molecule has 0 bridgehead atoms. The Kier molecular flexibility index (Phi) is 2.40. The van der Waals surface area contributed by atoms with Gasteiger partial charge < -0.3 is 4.90 Å². The summed E-state index contributed by atoms with van der Waals surface area (Å²) in [4.78, 5) is 2.20. The Morgan fingerprint density at radius 1 is 1.23 bits per heavy atom. The molecule has 70 valence electrons. The lowest BCUT2D eigenvalue weighted by atomic mass is 10.3. The molecule has 0 aliphatic carbocycles. The van der Waals surface area contributed by atoms with Gasteiger partial charge in [0.1, 0.15) is 5.82 Å². The zero-order chi connectivity index (χ0) is 9.26. The molecule has 1 aromatic rings. The smallest absolute Gasteiger partial charge is 0.124 e. The molecule has 0 radical (unpaired) electrons. The highest BCUT2D eigenvalue weighted by molar-refractivity contribution is 6.33. The van der Waals surface area contributed by atoms with E-state index in [0.29, 0.717) is 5.02 Å². The summed E-state index contributed by atoms with van der Waals surface area (Å²) in [6, 6.07) is 4.58. The maximum Gasteiger partial charge on any atom is 0.124 e. The molecule has 1 heterocycles. The van der Waals surface area contributed by atoms with E-state index >= 15 is 0 Å². The first-order chi connectivity index (χ1) is 6.27. The number of rotatable bonds is 1. The fourth-order valence-electron chi connectivity index (χ4n) is 1.70. The summed E-state index contributed by atoms with van der Waals surface area (Å²) >= 11 is 5.93. The van der Waals surface area contributed by atoms with Crippen molar-refractivity contribution < 1.29 is 4.39 Å². The average molecular weight is 200 g/mol. The van der Waals surface area contributed by atoms with Crippen LogP contribution >= 0.6 is 11.6 Å². The zero-order valence-electron chi connectivity index (χ0n) is 7.26. The second-order valence-corrected chi connectivity index (χ2v) is 3.70. The van der Waals surface area contributed by atoms with Crippen LogP contribution in [-0.4, -0.2) is 13.1 Å². The van der Waals surface area contributed by atoms with Crippen LogP contribution in [0.3, 0.4) is 0 Å². The Morgan fingerprint density at radius 3 is 2.54 bits per heavy atom. The first-order valence-corrected chi connectivity index (χ1v) is 4.85. The second kappa shape index (κ2) is 3.54. The van der Waals surface area contributed by atoms with E-state index in [2.05, 4.69) is 4.90 Å². The second-order valence-electron chi connectivity index (χ2n) is 3.29. The highest BCUT2D eigenvalue weighted by Crippen LogP contribution is 2.28. The molecule has 1 fully saturated rings. The lowest BCUT2D eigenvalue weighted by Gasteiger charge is -2.18. The van der Waals surface area contributed by atoms with E-state index < -0.39 is 0 Å². The SMILES string of the molecule is Fc1ccc(N2CCCC2)c(Cl)c1. The van der Waals surface area contributed by atoms with Gasteiger partial charge in [-0.15, -0.1) is 0 Å². The third kappa shape index (κ3) is 1.78. The van der Waals surface area contributed by atoms with Crippen LogP contribution in [-0.2, 0) is 0 Å². The van der Waals surface area contributed by atoms with E-state index in [-0.39, 0.29) is 5.82 Å². The summed E-state index contributed by atoms with van der Waals surface area (Å²) in [5.41, 5.74) is 0.959. The minimum atomic E-state index is -0.270. The molecule has 0 unspecified atom stereocenters. The van der Waals surface area contributed by atoms with Gasteiger partial charge in [-0.05, 0) is 31.0 Å². The van der Waals surface area contributed by atoms with Crippen molar-refractivity contribution in [3.63, 3.8) is 0 Å². The first-order valence-electron chi connectivity index (χ1n) is 4.47. The van der Waals surface area contributed by atoms with Crippen LogP contribution in [0.4, 0.5) is 10.1 Å². The van der Waals surface area contributed by atoms with Crippen molar-refractivity contribution in [1.82, 2.24) is 0 Å². The van der Waals surface area contributed by atoms with Gasteiger partial charge in [0.05, 0.1) is 10.7 Å². The normalized spacial score (nSPS) is 16.6. The molecule has 0 spiro atoms. The van der Waals surface area contributed by atoms with Gasteiger partial charge in [0.15, 0.2) is 0 Å². The van der Waals surface area contributed by atoms with Crippen molar-refractivity contribution in [1.29, 1.82) is 0 Å². The van der Waals surface area contributed by atoms with Crippen molar-refractivity contribution in [3.05, 3.63) is 29.0 Å². The molecule has 1 aliphatic rings. The molecule has 0 saturated carbocycles. The third-order valence-electron chi connectivity index (χ3n) is 2.36. The Labute approximate surface area is 82.1 Å². The Bertz CT molecular complexity index is 308. The summed E-state index contributed by atoms with van der Waals surface area (Å²) in [6.45, 7) is 2.07. The predicted molar refractivity (Wildman–Crippen MR) is 52.9 cm³/mol. The zero-order valence-corrected chi connectivity index (χ0v) is 8.02. The number of hydrogen-bond donors (Lipinski definition) is 0. The van der Waals surface area contributed by atoms with Crippen molar-refractivity contribution in [2.45, 2.75) is 12.8 Å². The molecule has 3 heteroatoms. The number of hydrogen-bond acceptors (Lipinski definition) is 1. The minimum absolute atomic E-state index is 0.270. The van der Waals surface area contributed by atoms with Gasteiger partial charge in [-0.3, -0.25) is 0 Å². The topological polar surface area (TPSA) is 3.24 Å². The number of nitrogens with zero attached hydrogens (tertiary/aromatic N) is 1. The number of anilines is 1. The molecule has 13 heavy (non-hydrogen) atoms. The van der Waals surface area contributed by atoms with Crippen LogP contribution in [0.15, 0.2) is 18.2 Å². The molecule has 0 atom stereocenters. The number of halogens is 2. The third-order valence-corrected chi connectivity index (χ3v) is 2.66. The number of benzene rings is 1. The molecule has 0 N–H and O–H groups in total. The Morgan fingerprint density at radius 2 is 1.92 bits per heavy atom. The van der Waals surface area contributed by atoms with E-state index in [4.69, 9.17) is 11.6 Å². The van der Waals surface area contributed by atoms with Crippen LogP contribution < -0.4 is 4.90 Å². The van der Waals surface area contributed by atoms with E-state index in [9.17, 15) is 4.39 Å². The highest BCUT2D eigenvalue weighted by Gasteiger charge is 2.14. The summed E-state index contributed by atoms with van der Waals surface area (Å²) in [6.07, 6.45) is 2.40. The van der Waals surface area contributed by atoms with E-state index in [0.717, 1.165) is 18.8 Å². The molecular formula is C10H11ClFN.